The maximum absolute atomic E-state index is 12.3. The molecule has 2 heterocycles. The number of hydrogen-bond acceptors (Lipinski definition) is 2. The van der Waals surface area contributed by atoms with Crippen LogP contribution in [0.3, 0.4) is 0 Å². The van der Waals surface area contributed by atoms with Crippen molar-refractivity contribution in [3.05, 3.63) is 35.9 Å². The van der Waals surface area contributed by atoms with E-state index in [1.54, 1.807) is 0 Å². The topological polar surface area (TPSA) is 44.4 Å². The molecular formula is C15H21N3O. The van der Waals surface area contributed by atoms with Crippen LogP contribution in [0.1, 0.15) is 18.4 Å². The smallest absolute Gasteiger partial charge is 0.317 e. The fourth-order valence-corrected chi connectivity index (χ4v) is 3.20. The summed E-state index contributed by atoms with van der Waals surface area (Å²) in [6, 6.07) is 10.5. The molecule has 2 fully saturated rings. The van der Waals surface area contributed by atoms with Crippen LogP contribution in [0.15, 0.2) is 30.3 Å². The van der Waals surface area contributed by atoms with Crippen molar-refractivity contribution in [3.8, 4) is 0 Å². The molecule has 0 radical (unpaired) electrons. The van der Waals surface area contributed by atoms with Gasteiger partial charge in [0.15, 0.2) is 0 Å². The molecule has 2 aliphatic heterocycles. The number of carbonyl (C=O) groups is 1. The number of rotatable bonds is 2. The van der Waals surface area contributed by atoms with Gasteiger partial charge in [-0.3, -0.25) is 0 Å². The Balaban J connectivity index is 1.57. The molecule has 0 spiro atoms. The van der Waals surface area contributed by atoms with Crippen LogP contribution in [0, 0.1) is 5.92 Å². The lowest BCUT2D eigenvalue weighted by atomic mass is 9.92. The quantitative estimate of drug-likeness (QED) is 0.847. The van der Waals surface area contributed by atoms with E-state index in [0.717, 1.165) is 31.6 Å². The highest BCUT2D eigenvalue weighted by atomic mass is 16.2. The van der Waals surface area contributed by atoms with E-state index in [4.69, 9.17) is 0 Å². The Hall–Kier alpha value is -1.55. The Morgan fingerprint density at radius 2 is 2.16 bits per heavy atom. The fraction of sp³-hybridized carbons (Fsp3) is 0.533. The third kappa shape index (κ3) is 2.73. The minimum atomic E-state index is 0.0854. The van der Waals surface area contributed by atoms with Gasteiger partial charge in [0.25, 0.3) is 0 Å². The highest BCUT2D eigenvalue weighted by molar-refractivity contribution is 5.74. The van der Waals surface area contributed by atoms with Crippen LogP contribution in [0.5, 0.6) is 0 Å². The summed E-state index contributed by atoms with van der Waals surface area (Å²) >= 11 is 0. The first-order valence-corrected chi connectivity index (χ1v) is 7.14. The van der Waals surface area contributed by atoms with Crippen molar-refractivity contribution < 1.29 is 4.79 Å². The molecule has 2 saturated heterocycles. The summed E-state index contributed by atoms with van der Waals surface area (Å²) in [5, 5.41) is 6.44. The van der Waals surface area contributed by atoms with Crippen molar-refractivity contribution in [3.63, 3.8) is 0 Å². The van der Waals surface area contributed by atoms with E-state index < -0.39 is 0 Å². The second-order valence-corrected chi connectivity index (χ2v) is 5.47. The van der Waals surface area contributed by atoms with Gasteiger partial charge in [-0.1, -0.05) is 30.3 Å². The van der Waals surface area contributed by atoms with Gasteiger partial charge >= 0.3 is 6.03 Å². The highest BCUT2D eigenvalue weighted by Gasteiger charge is 2.37. The Labute approximate surface area is 114 Å². The molecule has 4 heteroatoms. The Kier molecular flexibility index (Phi) is 3.69. The van der Waals surface area contributed by atoms with Crippen molar-refractivity contribution in [2.45, 2.75) is 25.4 Å². The normalized spacial score (nSPS) is 26.0. The van der Waals surface area contributed by atoms with Gasteiger partial charge in [-0.05, 0) is 24.3 Å². The van der Waals surface area contributed by atoms with E-state index >= 15 is 0 Å². The molecule has 19 heavy (non-hydrogen) atoms. The first kappa shape index (κ1) is 12.5. The molecule has 2 N–H and O–H groups in total. The van der Waals surface area contributed by atoms with Crippen molar-refractivity contribution in [2.24, 2.45) is 5.92 Å². The molecule has 0 aromatic heterocycles. The van der Waals surface area contributed by atoms with Gasteiger partial charge in [-0.2, -0.15) is 0 Å². The molecular weight excluding hydrogens is 238 g/mol. The van der Waals surface area contributed by atoms with Gasteiger partial charge in [0, 0.05) is 32.2 Å². The fourth-order valence-electron chi connectivity index (χ4n) is 3.20. The first-order chi connectivity index (χ1) is 9.34. The lowest BCUT2D eigenvalue weighted by Crippen LogP contribution is -2.52. The number of nitrogens with zero attached hydrogens (tertiary/aromatic N) is 1. The summed E-state index contributed by atoms with van der Waals surface area (Å²) in [4.78, 5) is 14.3. The second-order valence-electron chi connectivity index (χ2n) is 5.47. The standard InChI is InChI=1S/C15H21N3O/c19-15(17-9-12-5-2-1-3-6-12)18-8-4-7-13-10-16-11-14(13)18/h1-3,5-6,13-14,16H,4,7-11H2,(H,17,19). The predicted molar refractivity (Wildman–Crippen MR) is 74.8 cm³/mol. The second kappa shape index (κ2) is 5.61. The maximum Gasteiger partial charge on any atom is 0.317 e. The van der Waals surface area contributed by atoms with Crippen LogP contribution in [-0.4, -0.2) is 36.6 Å². The zero-order chi connectivity index (χ0) is 13.1. The number of benzene rings is 1. The number of amides is 2. The molecule has 2 unspecified atom stereocenters. The van der Waals surface area contributed by atoms with E-state index in [0.29, 0.717) is 18.5 Å². The van der Waals surface area contributed by atoms with E-state index in [-0.39, 0.29) is 6.03 Å². The van der Waals surface area contributed by atoms with Gasteiger partial charge in [0.2, 0.25) is 0 Å². The first-order valence-electron chi connectivity index (χ1n) is 7.14. The number of fused-ring (bicyclic) bond motifs is 1. The van der Waals surface area contributed by atoms with Gasteiger partial charge in [0.05, 0.1) is 0 Å². The molecule has 0 aliphatic carbocycles. The third-order valence-corrected chi connectivity index (χ3v) is 4.23. The molecule has 1 aromatic rings. The number of piperidine rings is 1. The Morgan fingerprint density at radius 3 is 3.00 bits per heavy atom. The largest absolute Gasteiger partial charge is 0.334 e. The summed E-state index contributed by atoms with van der Waals surface area (Å²) in [6.07, 6.45) is 2.38. The Morgan fingerprint density at radius 1 is 1.32 bits per heavy atom. The van der Waals surface area contributed by atoms with Crippen molar-refractivity contribution >= 4 is 6.03 Å². The van der Waals surface area contributed by atoms with Crippen molar-refractivity contribution in [1.29, 1.82) is 0 Å². The van der Waals surface area contributed by atoms with Gasteiger partial charge in [0.1, 0.15) is 0 Å². The van der Waals surface area contributed by atoms with Crippen LogP contribution in [0.2, 0.25) is 0 Å². The van der Waals surface area contributed by atoms with Crippen molar-refractivity contribution in [1.82, 2.24) is 15.5 Å². The van der Waals surface area contributed by atoms with Gasteiger partial charge < -0.3 is 15.5 Å². The number of urea groups is 1. The summed E-state index contributed by atoms with van der Waals surface area (Å²) in [5.41, 5.74) is 1.15. The molecule has 3 rings (SSSR count). The third-order valence-electron chi connectivity index (χ3n) is 4.23. The number of carbonyl (C=O) groups excluding carboxylic acids is 1. The molecule has 1 aromatic carbocycles. The Bertz CT molecular complexity index is 434. The molecule has 0 bridgehead atoms. The SMILES string of the molecule is O=C(NCc1ccccc1)N1CCCC2CNCC21. The minimum Gasteiger partial charge on any atom is -0.334 e. The number of nitrogens with one attached hydrogen (secondary N) is 2. The summed E-state index contributed by atoms with van der Waals surface area (Å²) in [7, 11) is 0. The molecule has 4 nitrogen and oxygen atoms in total. The van der Waals surface area contributed by atoms with Crippen LogP contribution in [0.25, 0.3) is 0 Å². The molecule has 102 valence electrons. The van der Waals surface area contributed by atoms with Crippen LogP contribution >= 0.6 is 0 Å². The lowest BCUT2D eigenvalue weighted by Gasteiger charge is -2.37. The lowest BCUT2D eigenvalue weighted by molar-refractivity contribution is 0.136. The zero-order valence-electron chi connectivity index (χ0n) is 11.1. The number of hydrogen-bond donors (Lipinski definition) is 2. The minimum absolute atomic E-state index is 0.0854. The highest BCUT2D eigenvalue weighted by Crippen LogP contribution is 2.26. The zero-order valence-corrected chi connectivity index (χ0v) is 11.1. The molecule has 2 aliphatic rings. The molecule has 2 atom stereocenters. The molecule has 0 saturated carbocycles. The van der Waals surface area contributed by atoms with E-state index in [1.165, 1.54) is 6.42 Å². The van der Waals surface area contributed by atoms with E-state index in [2.05, 4.69) is 10.6 Å². The predicted octanol–water partition coefficient (Wildman–Crippen LogP) is 1.58. The van der Waals surface area contributed by atoms with Gasteiger partial charge in [-0.25, -0.2) is 4.79 Å². The molecule has 2 amide bonds. The summed E-state index contributed by atoms with van der Waals surface area (Å²) in [5.74, 6) is 0.649. The van der Waals surface area contributed by atoms with Crippen LogP contribution in [-0.2, 0) is 6.54 Å². The number of likely N-dealkylation sites (tertiary alicyclic amines) is 1. The monoisotopic (exact) mass is 259 g/mol. The average molecular weight is 259 g/mol. The van der Waals surface area contributed by atoms with Crippen LogP contribution < -0.4 is 10.6 Å². The van der Waals surface area contributed by atoms with Crippen molar-refractivity contribution in [2.75, 3.05) is 19.6 Å². The van der Waals surface area contributed by atoms with E-state index in [9.17, 15) is 4.79 Å². The maximum atomic E-state index is 12.3. The van der Waals surface area contributed by atoms with Gasteiger partial charge in [-0.15, -0.1) is 0 Å². The average Bonchev–Trinajstić information content (AvgIpc) is 2.94. The summed E-state index contributed by atoms with van der Waals surface area (Å²) < 4.78 is 0. The summed E-state index contributed by atoms with van der Waals surface area (Å²) in [6.45, 7) is 3.51. The van der Waals surface area contributed by atoms with E-state index in [1.807, 2.05) is 35.2 Å². The van der Waals surface area contributed by atoms with Crippen LogP contribution in [0.4, 0.5) is 4.79 Å².